The van der Waals surface area contributed by atoms with Crippen molar-refractivity contribution in [2.45, 2.75) is 39.7 Å². The van der Waals surface area contributed by atoms with Crippen molar-refractivity contribution >= 4 is 28.7 Å². The molecule has 0 radical (unpaired) electrons. The lowest BCUT2D eigenvalue weighted by molar-refractivity contribution is 0.111. The minimum atomic E-state index is -0.343. The molecule has 0 aromatic heterocycles. The number of hydrogen-bond acceptors (Lipinski definition) is 4. The number of nitrogens with zero attached hydrogens (tertiary/aromatic N) is 1. The molecule has 3 rings (SSSR count). The van der Waals surface area contributed by atoms with Crippen LogP contribution in [0.1, 0.15) is 37.0 Å². The van der Waals surface area contributed by atoms with E-state index >= 15 is 0 Å². The number of fused-ring (bicyclic) bond motifs is 1. The third kappa shape index (κ3) is 4.39. The monoisotopic (exact) mass is 383 g/mol. The first kappa shape index (κ1) is 19.2. The molecule has 0 fully saturated rings. The molecule has 2 aromatic carbocycles. The Kier molecular flexibility index (Phi) is 5.37. The van der Waals surface area contributed by atoms with Crippen LogP contribution in [0.5, 0.6) is 11.5 Å². The predicted octanol–water partition coefficient (Wildman–Crippen LogP) is 4.56. The van der Waals surface area contributed by atoms with E-state index in [1.54, 1.807) is 7.11 Å². The van der Waals surface area contributed by atoms with Gasteiger partial charge in [0.15, 0.2) is 5.11 Å². The van der Waals surface area contributed by atoms with Crippen LogP contribution in [-0.2, 0) is 0 Å². The van der Waals surface area contributed by atoms with Crippen LogP contribution >= 0.6 is 12.2 Å². The van der Waals surface area contributed by atoms with Gasteiger partial charge in [-0.2, -0.15) is 5.10 Å². The zero-order valence-corrected chi connectivity index (χ0v) is 17.2. The summed E-state index contributed by atoms with van der Waals surface area (Å²) in [7, 11) is 1.65. The minimum absolute atomic E-state index is 0.343. The Bertz CT molecular complexity index is 886. The third-order valence-electron chi connectivity index (χ3n) is 4.49. The summed E-state index contributed by atoms with van der Waals surface area (Å²) in [4.78, 5) is 0. The van der Waals surface area contributed by atoms with Gasteiger partial charge in [-0.3, -0.25) is 5.43 Å². The van der Waals surface area contributed by atoms with Crippen LogP contribution in [0.3, 0.4) is 0 Å². The number of methoxy groups -OCH3 is 1. The summed E-state index contributed by atoms with van der Waals surface area (Å²) < 4.78 is 11.4. The summed E-state index contributed by atoms with van der Waals surface area (Å²) in [6.45, 7) is 8.19. The third-order valence-corrected chi connectivity index (χ3v) is 4.68. The van der Waals surface area contributed by atoms with Crippen molar-refractivity contribution in [3.63, 3.8) is 0 Å². The molecule has 2 aromatic rings. The van der Waals surface area contributed by atoms with Gasteiger partial charge < -0.3 is 14.8 Å². The van der Waals surface area contributed by atoms with Crippen molar-refractivity contribution in [3.8, 4) is 11.5 Å². The second-order valence-electron chi connectivity index (χ2n) is 7.29. The molecular formula is C21H25N3O2S. The Balaban J connectivity index is 1.83. The molecule has 0 amide bonds. The van der Waals surface area contributed by atoms with Crippen LogP contribution in [0.25, 0.3) is 0 Å². The number of rotatable bonds is 3. The zero-order valence-electron chi connectivity index (χ0n) is 16.3. The molecule has 0 saturated carbocycles. The highest BCUT2D eigenvalue weighted by molar-refractivity contribution is 7.80. The van der Waals surface area contributed by atoms with Crippen LogP contribution in [-0.4, -0.2) is 23.5 Å². The number of para-hydroxylation sites is 1. The molecule has 0 spiro atoms. The lowest BCUT2D eigenvalue weighted by atomic mass is 9.92. The summed E-state index contributed by atoms with van der Waals surface area (Å²) in [5, 5.41) is 8.27. The fourth-order valence-electron chi connectivity index (χ4n) is 3.15. The van der Waals surface area contributed by atoms with E-state index in [1.807, 2.05) is 64.1 Å². The Labute approximate surface area is 165 Å². The highest BCUT2D eigenvalue weighted by atomic mass is 32.1. The molecule has 0 saturated heterocycles. The van der Waals surface area contributed by atoms with Gasteiger partial charge in [0.1, 0.15) is 17.1 Å². The number of anilines is 1. The topological polar surface area (TPSA) is 54.9 Å². The van der Waals surface area contributed by atoms with Crippen molar-refractivity contribution in [2.75, 3.05) is 12.4 Å². The van der Waals surface area contributed by atoms with Gasteiger partial charge in [0, 0.05) is 17.7 Å². The van der Waals surface area contributed by atoms with Crippen molar-refractivity contribution in [3.05, 3.63) is 53.1 Å². The first-order valence-electron chi connectivity index (χ1n) is 8.86. The SMILES string of the molecule is COc1ccc2c(c1)/C(=N\NC(=S)Nc1c(C)cccc1C)CC(C)(C)O2. The molecule has 0 bridgehead atoms. The number of hydrogen-bond donors (Lipinski definition) is 2. The molecule has 1 aliphatic rings. The molecule has 0 atom stereocenters. The highest BCUT2D eigenvalue weighted by Crippen LogP contribution is 2.35. The van der Waals surface area contributed by atoms with Gasteiger partial charge >= 0.3 is 0 Å². The average molecular weight is 384 g/mol. The molecule has 142 valence electrons. The van der Waals surface area contributed by atoms with E-state index in [0.717, 1.165) is 39.6 Å². The molecule has 0 aliphatic carbocycles. The molecule has 1 heterocycles. The first-order valence-corrected chi connectivity index (χ1v) is 9.27. The van der Waals surface area contributed by atoms with E-state index in [4.69, 9.17) is 21.7 Å². The van der Waals surface area contributed by atoms with Crippen LogP contribution < -0.4 is 20.2 Å². The van der Waals surface area contributed by atoms with E-state index in [1.165, 1.54) is 0 Å². The highest BCUT2D eigenvalue weighted by Gasteiger charge is 2.31. The van der Waals surface area contributed by atoms with Crippen molar-refractivity contribution in [1.82, 2.24) is 5.43 Å². The van der Waals surface area contributed by atoms with Crippen LogP contribution in [0.4, 0.5) is 5.69 Å². The summed E-state index contributed by atoms with van der Waals surface area (Å²) in [5.74, 6) is 1.56. The number of aryl methyl sites for hydroxylation is 2. The standard InChI is InChI=1S/C21H25N3O2S/c1-13-7-6-8-14(2)19(13)22-20(27)24-23-17-12-21(3,4)26-18-10-9-15(25-5)11-16(17)18/h6-11H,12H2,1-5H3,(H2,22,24,27)/b23-17-. The molecule has 27 heavy (non-hydrogen) atoms. The lowest BCUT2D eigenvalue weighted by Gasteiger charge is -2.33. The van der Waals surface area contributed by atoms with E-state index < -0.39 is 0 Å². The van der Waals surface area contributed by atoms with E-state index in [0.29, 0.717) is 11.5 Å². The number of nitrogens with one attached hydrogen (secondary N) is 2. The van der Waals surface area contributed by atoms with Gasteiger partial charge in [0.05, 0.1) is 12.8 Å². The largest absolute Gasteiger partial charge is 0.497 e. The summed E-state index contributed by atoms with van der Waals surface area (Å²) in [6, 6.07) is 11.9. The zero-order chi connectivity index (χ0) is 19.6. The van der Waals surface area contributed by atoms with Crippen molar-refractivity contribution in [1.29, 1.82) is 0 Å². The van der Waals surface area contributed by atoms with E-state index in [-0.39, 0.29) is 5.60 Å². The van der Waals surface area contributed by atoms with Gasteiger partial charge in [-0.25, -0.2) is 0 Å². The summed E-state index contributed by atoms with van der Waals surface area (Å²) in [5.41, 5.74) is 7.70. The number of benzene rings is 2. The van der Waals surface area contributed by atoms with Gasteiger partial charge in [-0.15, -0.1) is 0 Å². The quantitative estimate of drug-likeness (QED) is 0.601. The fraction of sp³-hybridized carbons (Fsp3) is 0.333. The second-order valence-corrected chi connectivity index (χ2v) is 7.70. The maximum atomic E-state index is 6.07. The second kappa shape index (κ2) is 7.56. The molecule has 5 nitrogen and oxygen atoms in total. The Morgan fingerprint density at radius 3 is 2.56 bits per heavy atom. The smallest absolute Gasteiger partial charge is 0.191 e. The molecular weight excluding hydrogens is 358 g/mol. The van der Waals surface area contributed by atoms with Crippen molar-refractivity contribution in [2.24, 2.45) is 5.10 Å². The maximum absolute atomic E-state index is 6.07. The summed E-state index contributed by atoms with van der Waals surface area (Å²) >= 11 is 5.44. The molecule has 0 unspecified atom stereocenters. The van der Waals surface area contributed by atoms with Crippen LogP contribution in [0, 0.1) is 13.8 Å². The van der Waals surface area contributed by atoms with Crippen LogP contribution in [0.15, 0.2) is 41.5 Å². The minimum Gasteiger partial charge on any atom is -0.497 e. The first-order chi connectivity index (χ1) is 12.8. The van der Waals surface area contributed by atoms with Gasteiger partial charge in [0.25, 0.3) is 0 Å². The van der Waals surface area contributed by atoms with Gasteiger partial charge in [0.2, 0.25) is 0 Å². The number of ether oxygens (including phenoxy) is 2. The molecule has 1 aliphatic heterocycles. The lowest BCUT2D eigenvalue weighted by Crippen LogP contribution is -2.37. The predicted molar refractivity (Wildman–Crippen MR) is 114 cm³/mol. The van der Waals surface area contributed by atoms with E-state index in [9.17, 15) is 0 Å². The average Bonchev–Trinajstić information content (AvgIpc) is 2.61. The number of hydrazone groups is 1. The normalized spacial score (nSPS) is 16.3. The Morgan fingerprint density at radius 2 is 1.89 bits per heavy atom. The van der Waals surface area contributed by atoms with Crippen molar-refractivity contribution < 1.29 is 9.47 Å². The summed E-state index contributed by atoms with van der Waals surface area (Å²) in [6.07, 6.45) is 0.659. The van der Waals surface area contributed by atoms with Gasteiger partial charge in [-0.1, -0.05) is 18.2 Å². The fourth-order valence-corrected chi connectivity index (χ4v) is 3.30. The Hall–Kier alpha value is -2.60. The van der Waals surface area contributed by atoms with Crippen LogP contribution in [0.2, 0.25) is 0 Å². The van der Waals surface area contributed by atoms with Gasteiger partial charge in [-0.05, 0) is 69.2 Å². The maximum Gasteiger partial charge on any atom is 0.191 e. The molecule has 6 heteroatoms. The molecule has 2 N–H and O–H groups in total. The number of thiocarbonyl (C=S) groups is 1. The van der Waals surface area contributed by atoms with E-state index in [2.05, 4.69) is 15.8 Å². The Morgan fingerprint density at radius 1 is 1.19 bits per heavy atom.